The molecule has 0 atom stereocenters. The largest absolute Gasteiger partial charge is 0.256 e. The van der Waals surface area contributed by atoms with Gasteiger partial charge in [0.25, 0.3) is 5.92 Å². The number of alkyl halides is 2. The van der Waals surface area contributed by atoms with Crippen molar-refractivity contribution in [3.8, 4) is 0 Å². The quantitative estimate of drug-likeness (QED) is 0.587. The number of aryl methyl sites for hydroxylation is 2. The predicted octanol–water partition coefficient (Wildman–Crippen LogP) is 3.10. The fraction of sp³-hybridized carbons (Fsp3) is 0.556. The van der Waals surface area contributed by atoms with Crippen LogP contribution in [0.25, 0.3) is 0 Å². The van der Waals surface area contributed by atoms with Gasteiger partial charge in [0.1, 0.15) is 0 Å². The van der Waals surface area contributed by atoms with Crippen molar-refractivity contribution in [1.29, 1.82) is 0 Å². The molecule has 0 radical (unpaired) electrons. The van der Waals surface area contributed by atoms with Crippen LogP contribution in [0.1, 0.15) is 20.9 Å². The van der Waals surface area contributed by atoms with E-state index in [0.29, 0.717) is 0 Å². The van der Waals surface area contributed by atoms with E-state index in [0.717, 1.165) is 20.9 Å². The molecule has 0 N–H and O–H groups in total. The van der Waals surface area contributed by atoms with Gasteiger partial charge in [-0.3, -0.25) is 0 Å². The molecular formula is C9H10F2S. The smallest absolute Gasteiger partial charge is 0.206 e. The number of halogens is 2. The molecule has 0 aromatic carbocycles. The number of rotatable bonds is 0. The fourth-order valence-corrected chi connectivity index (χ4v) is 2.92. The van der Waals surface area contributed by atoms with Crippen molar-refractivity contribution in [2.24, 2.45) is 0 Å². The van der Waals surface area contributed by atoms with E-state index in [2.05, 4.69) is 0 Å². The van der Waals surface area contributed by atoms with Crippen molar-refractivity contribution in [2.75, 3.05) is 0 Å². The molecular weight excluding hydrogens is 178 g/mol. The first kappa shape index (κ1) is 8.17. The van der Waals surface area contributed by atoms with Crippen LogP contribution in [0.3, 0.4) is 0 Å². The predicted molar refractivity (Wildman–Crippen MR) is 46.1 cm³/mol. The van der Waals surface area contributed by atoms with Crippen molar-refractivity contribution in [3.63, 3.8) is 0 Å². The fourth-order valence-electron chi connectivity index (χ4n) is 1.82. The van der Waals surface area contributed by atoms with Crippen LogP contribution in [0, 0.1) is 13.8 Å². The van der Waals surface area contributed by atoms with Crippen LogP contribution >= 0.6 is 11.3 Å². The van der Waals surface area contributed by atoms with Gasteiger partial charge in [-0.15, -0.1) is 11.3 Å². The third-order valence-electron chi connectivity index (χ3n) is 2.39. The molecule has 1 aromatic rings. The molecule has 0 unspecified atom stereocenters. The molecule has 0 saturated carbocycles. The molecule has 0 amide bonds. The van der Waals surface area contributed by atoms with E-state index in [-0.39, 0.29) is 12.8 Å². The SMILES string of the molecule is Cc1sc(C)c2c1CC(F)(F)C2. The molecule has 1 aliphatic carbocycles. The summed E-state index contributed by atoms with van der Waals surface area (Å²) in [5, 5.41) is 0. The van der Waals surface area contributed by atoms with Gasteiger partial charge in [0.05, 0.1) is 0 Å². The minimum atomic E-state index is -2.48. The van der Waals surface area contributed by atoms with Crippen molar-refractivity contribution < 1.29 is 8.78 Å². The van der Waals surface area contributed by atoms with E-state index in [1.54, 1.807) is 11.3 Å². The molecule has 3 heteroatoms. The highest BCUT2D eigenvalue weighted by Crippen LogP contribution is 2.41. The van der Waals surface area contributed by atoms with Gasteiger partial charge in [0.2, 0.25) is 0 Å². The third kappa shape index (κ3) is 1.07. The van der Waals surface area contributed by atoms with Gasteiger partial charge < -0.3 is 0 Å². The van der Waals surface area contributed by atoms with Gasteiger partial charge in [-0.2, -0.15) is 0 Å². The Bertz CT molecular complexity index is 297. The van der Waals surface area contributed by atoms with Gasteiger partial charge in [0, 0.05) is 22.6 Å². The normalized spacial score (nSPS) is 19.7. The second-order valence-electron chi connectivity index (χ2n) is 3.38. The Morgan fingerprint density at radius 1 is 1.08 bits per heavy atom. The summed E-state index contributed by atoms with van der Waals surface area (Å²) in [5.41, 5.74) is 1.81. The summed E-state index contributed by atoms with van der Waals surface area (Å²) in [6, 6.07) is 0. The average molecular weight is 188 g/mol. The zero-order valence-electron chi connectivity index (χ0n) is 7.08. The highest BCUT2D eigenvalue weighted by atomic mass is 32.1. The van der Waals surface area contributed by atoms with Crippen LogP contribution in [0.4, 0.5) is 8.78 Å². The zero-order valence-corrected chi connectivity index (χ0v) is 7.89. The van der Waals surface area contributed by atoms with Crippen molar-refractivity contribution in [2.45, 2.75) is 32.6 Å². The second-order valence-corrected chi connectivity index (χ2v) is 4.81. The lowest BCUT2D eigenvalue weighted by Gasteiger charge is -2.06. The number of hydrogen-bond acceptors (Lipinski definition) is 1. The Morgan fingerprint density at radius 2 is 1.50 bits per heavy atom. The Balaban J connectivity index is 2.49. The minimum Gasteiger partial charge on any atom is -0.206 e. The van der Waals surface area contributed by atoms with Gasteiger partial charge >= 0.3 is 0 Å². The molecule has 1 aromatic heterocycles. The topological polar surface area (TPSA) is 0 Å². The molecule has 1 heterocycles. The highest BCUT2D eigenvalue weighted by molar-refractivity contribution is 7.12. The Morgan fingerprint density at radius 3 is 1.92 bits per heavy atom. The van der Waals surface area contributed by atoms with Crippen LogP contribution in [-0.4, -0.2) is 5.92 Å². The second kappa shape index (κ2) is 2.28. The number of thiophene rings is 1. The van der Waals surface area contributed by atoms with Crippen LogP contribution in [0.15, 0.2) is 0 Å². The molecule has 1 aliphatic rings. The molecule has 0 aliphatic heterocycles. The Labute approximate surface area is 74.2 Å². The molecule has 66 valence electrons. The lowest BCUT2D eigenvalue weighted by atomic mass is 10.2. The lowest BCUT2D eigenvalue weighted by molar-refractivity contribution is 0.0128. The maximum absolute atomic E-state index is 12.9. The first-order chi connectivity index (χ1) is 5.49. The first-order valence-corrected chi connectivity index (χ1v) is 4.77. The lowest BCUT2D eigenvalue weighted by Crippen LogP contribution is -2.15. The van der Waals surface area contributed by atoms with Crippen LogP contribution in [-0.2, 0) is 12.8 Å². The van der Waals surface area contributed by atoms with Gasteiger partial charge in [-0.05, 0) is 25.0 Å². The summed E-state index contributed by atoms with van der Waals surface area (Å²) in [7, 11) is 0. The zero-order chi connectivity index (χ0) is 8.93. The molecule has 0 fully saturated rings. The molecule has 0 bridgehead atoms. The monoisotopic (exact) mass is 188 g/mol. The van der Waals surface area contributed by atoms with Crippen molar-refractivity contribution >= 4 is 11.3 Å². The minimum absolute atomic E-state index is 0.0431. The van der Waals surface area contributed by atoms with Crippen molar-refractivity contribution in [3.05, 3.63) is 20.9 Å². The Kier molecular flexibility index (Phi) is 1.55. The van der Waals surface area contributed by atoms with Crippen LogP contribution < -0.4 is 0 Å². The third-order valence-corrected chi connectivity index (χ3v) is 3.50. The number of hydrogen-bond donors (Lipinski definition) is 0. The standard InChI is InChI=1S/C9H10F2S/c1-5-7-3-9(10,11)4-8(7)6(2)12-5/h3-4H2,1-2H3. The van der Waals surface area contributed by atoms with E-state index in [9.17, 15) is 8.78 Å². The van der Waals surface area contributed by atoms with Crippen molar-refractivity contribution in [1.82, 2.24) is 0 Å². The molecule has 2 rings (SSSR count). The van der Waals surface area contributed by atoms with E-state index in [1.807, 2.05) is 13.8 Å². The van der Waals surface area contributed by atoms with Gasteiger partial charge in [-0.1, -0.05) is 0 Å². The van der Waals surface area contributed by atoms with Crippen LogP contribution in [0.5, 0.6) is 0 Å². The summed E-state index contributed by atoms with van der Waals surface area (Å²) in [4.78, 5) is 2.14. The van der Waals surface area contributed by atoms with E-state index in [1.165, 1.54) is 0 Å². The maximum Gasteiger partial charge on any atom is 0.256 e. The Hall–Kier alpha value is -0.440. The van der Waals surface area contributed by atoms with E-state index in [4.69, 9.17) is 0 Å². The summed E-state index contributed by atoms with van der Waals surface area (Å²) in [5.74, 6) is -2.48. The van der Waals surface area contributed by atoms with Crippen LogP contribution in [0.2, 0.25) is 0 Å². The van der Waals surface area contributed by atoms with E-state index < -0.39 is 5.92 Å². The highest BCUT2D eigenvalue weighted by Gasteiger charge is 2.39. The molecule has 0 nitrogen and oxygen atoms in total. The maximum atomic E-state index is 12.9. The summed E-state index contributed by atoms with van der Waals surface area (Å²) < 4.78 is 25.9. The first-order valence-electron chi connectivity index (χ1n) is 3.95. The molecule has 12 heavy (non-hydrogen) atoms. The van der Waals surface area contributed by atoms with Gasteiger partial charge in [-0.25, -0.2) is 8.78 Å². The number of fused-ring (bicyclic) bond motifs is 1. The summed E-state index contributed by atoms with van der Waals surface area (Å²) in [6.07, 6.45) is -0.0863. The molecule has 0 saturated heterocycles. The summed E-state index contributed by atoms with van der Waals surface area (Å²) in [6.45, 7) is 3.86. The van der Waals surface area contributed by atoms with Gasteiger partial charge in [0.15, 0.2) is 0 Å². The summed E-state index contributed by atoms with van der Waals surface area (Å²) >= 11 is 1.64. The molecule has 0 spiro atoms. The average Bonchev–Trinajstić information content (AvgIpc) is 2.34. The van der Waals surface area contributed by atoms with E-state index >= 15 is 0 Å².